The monoisotopic (exact) mass is 406 g/mol. The van der Waals surface area contributed by atoms with Crippen molar-refractivity contribution < 1.29 is 9.53 Å². The zero-order valence-corrected chi connectivity index (χ0v) is 16.8. The average molecular weight is 407 g/mol. The van der Waals surface area contributed by atoms with Crippen molar-refractivity contribution in [3.63, 3.8) is 0 Å². The van der Waals surface area contributed by atoms with Crippen LogP contribution in [0.5, 0.6) is 0 Å². The summed E-state index contributed by atoms with van der Waals surface area (Å²) in [5, 5.41) is 5.24. The Morgan fingerprint density at radius 2 is 2.00 bits per heavy atom. The van der Waals surface area contributed by atoms with Gasteiger partial charge in [0.05, 0.1) is 23.4 Å². The Kier molecular flexibility index (Phi) is 4.91. The van der Waals surface area contributed by atoms with Crippen LogP contribution in [0.3, 0.4) is 0 Å². The molecule has 1 aliphatic heterocycles. The number of thiazole rings is 1. The maximum absolute atomic E-state index is 12.5. The number of amides is 1. The first kappa shape index (κ1) is 18.1. The third-order valence-corrected chi connectivity index (χ3v) is 6.28. The lowest BCUT2D eigenvalue weighted by Crippen LogP contribution is -2.36. The van der Waals surface area contributed by atoms with Gasteiger partial charge in [0.15, 0.2) is 5.13 Å². The molecule has 1 N–H and O–H groups in total. The summed E-state index contributed by atoms with van der Waals surface area (Å²) in [7, 11) is 0. The fourth-order valence-electron chi connectivity index (χ4n) is 3.66. The lowest BCUT2D eigenvalue weighted by Gasteiger charge is -2.25. The Bertz CT molecular complexity index is 1160. The van der Waals surface area contributed by atoms with Crippen molar-refractivity contribution in [2.45, 2.75) is 13.0 Å². The normalized spacial score (nSPS) is 14.6. The van der Waals surface area contributed by atoms with Gasteiger partial charge >= 0.3 is 0 Å². The molecule has 4 aromatic rings. The molecular weight excluding hydrogens is 384 g/mol. The molecule has 0 atom stereocenters. The zero-order valence-electron chi connectivity index (χ0n) is 16.0. The minimum Gasteiger partial charge on any atom is -0.378 e. The Balaban J connectivity index is 1.25. The summed E-state index contributed by atoms with van der Waals surface area (Å²) in [6, 6.07) is 16.2. The van der Waals surface area contributed by atoms with Crippen LogP contribution in [-0.4, -0.2) is 41.8 Å². The number of fused-ring (bicyclic) bond motifs is 2. The summed E-state index contributed by atoms with van der Waals surface area (Å²) in [4.78, 5) is 19.5. The molecule has 0 spiro atoms. The Morgan fingerprint density at radius 3 is 2.90 bits per heavy atom. The molecule has 7 heteroatoms. The first-order valence-corrected chi connectivity index (χ1v) is 10.6. The van der Waals surface area contributed by atoms with Crippen molar-refractivity contribution in [2.75, 3.05) is 36.5 Å². The third kappa shape index (κ3) is 3.83. The molecule has 1 amide bonds. The summed E-state index contributed by atoms with van der Waals surface area (Å²) < 4.78 is 8.62. The fraction of sp³-hybridized carbons (Fsp3) is 0.273. The minimum absolute atomic E-state index is 0.0139. The van der Waals surface area contributed by atoms with Crippen molar-refractivity contribution in [1.29, 1.82) is 0 Å². The molecule has 5 rings (SSSR count). The van der Waals surface area contributed by atoms with Crippen molar-refractivity contribution in [1.82, 2.24) is 9.55 Å². The van der Waals surface area contributed by atoms with E-state index in [0.717, 1.165) is 52.9 Å². The van der Waals surface area contributed by atoms with E-state index in [1.54, 1.807) is 11.3 Å². The van der Waals surface area contributed by atoms with E-state index in [4.69, 9.17) is 9.72 Å². The molecule has 1 fully saturated rings. The Morgan fingerprint density at radius 1 is 1.14 bits per heavy atom. The van der Waals surface area contributed by atoms with Crippen LogP contribution in [-0.2, 0) is 16.1 Å². The lowest BCUT2D eigenvalue weighted by molar-refractivity contribution is -0.116. The molecule has 29 heavy (non-hydrogen) atoms. The smallest absolute Gasteiger partial charge is 0.226 e. The number of anilines is 2. The largest absolute Gasteiger partial charge is 0.378 e. The number of morpholine rings is 1. The first-order valence-electron chi connectivity index (χ1n) is 9.83. The molecule has 0 aliphatic carbocycles. The van der Waals surface area contributed by atoms with Gasteiger partial charge in [0.25, 0.3) is 0 Å². The average Bonchev–Trinajstić information content (AvgIpc) is 3.37. The van der Waals surface area contributed by atoms with Crippen LogP contribution in [0.4, 0.5) is 10.8 Å². The van der Waals surface area contributed by atoms with Crippen molar-refractivity contribution >= 4 is 49.2 Å². The summed E-state index contributed by atoms with van der Waals surface area (Å²) in [6.45, 7) is 3.89. The zero-order chi connectivity index (χ0) is 19.6. The van der Waals surface area contributed by atoms with E-state index >= 15 is 0 Å². The number of benzene rings is 2. The number of hydrogen-bond acceptors (Lipinski definition) is 5. The lowest BCUT2D eigenvalue weighted by atomic mass is 10.2. The summed E-state index contributed by atoms with van der Waals surface area (Å²) in [5.41, 5.74) is 2.94. The van der Waals surface area contributed by atoms with Crippen LogP contribution in [0.15, 0.2) is 54.7 Å². The van der Waals surface area contributed by atoms with E-state index < -0.39 is 0 Å². The van der Waals surface area contributed by atoms with E-state index in [-0.39, 0.29) is 5.91 Å². The summed E-state index contributed by atoms with van der Waals surface area (Å²) in [5.74, 6) is 0.0139. The number of ether oxygens (including phenoxy) is 1. The van der Waals surface area contributed by atoms with Crippen LogP contribution in [0.2, 0.25) is 0 Å². The number of aromatic nitrogens is 2. The number of para-hydroxylation sites is 1. The van der Waals surface area contributed by atoms with Gasteiger partial charge in [-0.05, 0) is 35.7 Å². The molecule has 2 aromatic carbocycles. The van der Waals surface area contributed by atoms with E-state index in [1.165, 1.54) is 5.39 Å². The van der Waals surface area contributed by atoms with Gasteiger partial charge in [-0.15, -0.1) is 0 Å². The second kappa shape index (κ2) is 7.85. The maximum atomic E-state index is 12.5. The third-order valence-electron chi connectivity index (χ3n) is 5.20. The van der Waals surface area contributed by atoms with Gasteiger partial charge in [-0.1, -0.05) is 29.5 Å². The molecule has 0 saturated carbocycles. The molecule has 1 saturated heterocycles. The molecule has 6 nitrogen and oxygen atoms in total. The van der Waals surface area contributed by atoms with Gasteiger partial charge in [-0.3, -0.25) is 4.79 Å². The fourth-order valence-corrected chi connectivity index (χ4v) is 4.72. The van der Waals surface area contributed by atoms with E-state index in [1.807, 2.05) is 36.5 Å². The molecule has 0 radical (unpaired) electrons. The van der Waals surface area contributed by atoms with E-state index in [0.29, 0.717) is 13.0 Å². The molecule has 1 aliphatic rings. The summed E-state index contributed by atoms with van der Waals surface area (Å²) >= 11 is 1.66. The quantitative estimate of drug-likeness (QED) is 0.542. The molecule has 148 valence electrons. The highest BCUT2D eigenvalue weighted by Gasteiger charge is 2.15. The highest BCUT2D eigenvalue weighted by molar-refractivity contribution is 7.22. The molecule has 0 bridgehead atoms. The van der Waals surface area contributed by atoms with E-state index in [9.17, 15) is 4.79 Å². The standard InChI is InChI=1S/C22H22N4O2S/c27-21(8-10-25-9-7-16-3-1-2-4-19(16)25)23-17-5-6-18-20(15-17)29-22(24-18)26-11-13-28-14-12-26/h1-7,9,15H,8,10-14H2,(H,23,27). The van der Waals surface area contributed by atoms with Crippen molar-refractivity contribution in [2.24, 2.45) is 0 Å². The molecular formula is C22H22N4O2S. The minimum atomic E-state index is 0.0139. The van der Waals surface area contributed by atoms with Gasteiger partial charge in [0.1, 0.15) is 0 Å². The number of nitrogens with zero attached hydrogens (tertiary/aromatic N) is 3. The SMILES string of the molecule is O=C(CCn1ccc2ccccc21)Nc1ccc2nc(N3CCOCC3)sc2c1. The maximum Gasteiger partial charge on any atom is 0.226 e. The van der Waals surface area contributed by atoms with Crippen LogP contribution in [0.1, 0.15) is 6.42 Å². The molecule has 3 heterocycles. The highest BCUT2D eigenvalue weighted by Crippen LogP contribution is 2.31. The van der Waals surface area contributed by atoms with E-state index in [2.05, 4.69) is 33.0 Å². The number of nitrogens with one attached hydrogen (secondary N) is 1. The van der Waals surface area contributed by atoms with Gasteiger partial charge in [0.2, 0.25) is 5.91 Å². The Labute approximate surface area is 172 Å². The van der Waals surface area contributed by atoms with Crippen LogP contribution < -0.4 is 10.2 Å². The predicted octanol–water partition coefficient (Wildman–Crippen LogP) is 4.12. The predicted molar refractivity (Wildman–Crippen MR) is 118 cm³/mol. The Hall–Kier alpha value is -2.90. The second-order valence-electron chi connectivity index (χ2n) is 7.14. The number of aryl methyl sites for hydroxylation is 1. The van der Waals surface area contributed by atoms with Gasteiger partial charge in [-0.2, -0.15) is 0 Å². The van der Waals surface area contributed by atoms with Gasteiger partial charge in [-0.25, -0.2) is 4.98 Å². The van der Waals surface area contributed by atoms with Crippen molar-refractivity contribution in [3.8, 4) is 0 Å². The highest BCUT2D eigenvalue weighted by atomic mass is 32.1. The van der Waals surface area contributed by atoms with Crippen LogP contribution in [0, 0.1) is 0 Å². The van der Waals surface area contributed by atoms with Crippen LogP contribution >= 0.6 is 11.3 Å². The first-order chi connectivity index (χ1) is 14.3. The number of carbonyl (C=O) groups excluding carboxylic acids is 1. The topological polar surface area (TPSA) is 59.4 Å². The number of carbonyl (C=O) groups is 1. The number of rotatable bonds is 5. The molecule has 0 unspecified atom stereocenters. The molecule has 2 aromatic heterocycles. The van der Waals surface area contributed by atoms with Gasteiger partial charge in [0, 0.05) is 43.5 Å². The summed E-state index contributed by atoms with van der Waals surface area (Å²) in [6.07, 6.45) is 2.47. The van der Waals surface area contributed by atoms with Gasteiger partial charge < -0.3 is 19.5 Å². The van der Waals surface area contributed by atoms with Crippen LogP contribution in [0.25, 0.3) is 21.1 Å². The number of hydrogen-bond donors (Lipinski definition) is 1. The van der Waals surface area contributed by atoms with Crippen molar-refractivity contribution in [3.05, 3.63) is 54.7 Å². The second-order valence-corrected chi connectivity index (χ2v) is 8.15.